The van der Waals surface area contributed by atoms with Crippen molar-refractivity contribution in [2.45, 2.75) is 19.3 Å². The maximum Gasteiger partial charge on any atom is 0.251 e. The van der Waals surface area contributed by atoms with E-state index in [1.54, 1.807) is 17.4 Å². The largest absolute Gasteiger partial charge is 0.343 e. The number of benzene rings is 2. The highest BCUT2D eigenvalue weighted by molar-refractivity contribution is 7.08. The lowest BCUT2D eigenvalue weighted by molar-refractivity contribution is -0.131. The van der Waals surface area contributed by atoms with Crippen LogP contribution in [0.5, 0.6) is 0 Å². The highest BCUT2D eigenvalue weighted by Crippen LogP contribution is 2.23. The summed E-state index contributed by atoms with van der Waals surface area (Å²) >= 11 is 1.63. The quantitative estimate of drug-likeness (QED) is 0.635. The lowest BCUT2D eigenvalue weighted by Crippen LogP contribution is -2.44. The molecular weight excluding hydrogens is 392 g/mol. The number of carbonyl (C=O) groups excluding carboxylic acids is 2. The molecule has 0 bridgehead atoms. The van der Waals surface area contributed by atoms with E-state index in [1.165, 1.54) is 5.56 Å². The van der Waals surface area contributed by atoms with E-state index >= 15 is 0 Å². The van der Waals surface area contributed by atoms with Crippen LogP contribution in [0.3, 0.4) is 0 Å². The highest BCUT2D eigenvalue weighted by Gasteiger charge is 2.23. The average molecular weight is 419 g/mol. The molecule has 1 aliphatic rings. The molecule has 0 spiro atoms. The highest BCUT2D eigenvalue weighted by atomic mass is 32.1. The third-order valence-corrected chi connectivity index (χ3v) is 6.40. The van der Waals surface area contributed by atoms with Gasteiger partial charge in [-0.2, -0.15) is 11.3 Å². The first-order chi connectivity index (χ1) is 14.7. The Bertz CT molecular complexity index is 977. The molecule has 0 unspecified atom stereocenters. The van der Waals surface area contributed by atoms with Crippen LogP contribution in [0.2, 0.25) is 0 Å². The second kappa shape index (κ2) is 9.72. The van der Waals surface area contributed by atoms with Gasteiger partial charge in [0.2, 0.25) is 5.91 Å². The van der Waals surface area contributed by atoms with Crippen molar-refractivity contribution in [3.05, 3.63) is 82.6 Å². The summed E-state index contributed by atoms with van der Waals surface area (Å²) in [5.74, 6) is 0.403. The zero-order chi connectivity index (χ0) is 20.8. The zero-order valence-electron chi connectivity index (χ0n) is 16.9. The van der Waals surface area contributed by atoms with E-state index in [-0.39, 0.29) is 18.4 Å². The molecule has 154 valence electrons. The fourth-order valence-corrected chi connectivity index (χ4v) is 4.64. The number of rotatable bonds is 6. The fourth-order valence-electron chi connectivity index (χ4n) is 3.97. The average Bonchev–Trinajstić information content (AvgIpc) is 3.34. The SMILES string of the molecule is O=C(NCC(=O)N1CCC(Cc2ccccc2)CC1)c1cccc(-c2ccsc2)c1. The van der Waals surface area contributed by atoms with Crippen molar-refractivity contribution in [1.82, 2.24) is 10.2 Å². The van der Waals surface area contributed by atoms with E-state index in [0.29, 0.717) is 11.5 Å². The van der Waals surface area contributed by atoms with Crippen LogP contribution in [0.1, 0.15) is 28.8 Å². The van der Waals surface area contributed by atoms with Gasteiger partial charge in [-0.15, -0.1) is 0 Å². The van der Waals surface area contributed by atoms with E-state index in [4.69, 9.17) is 0 Å². The minimum atomic E-state index is -0.209. The minimum Gasteiger partial charge on any atom is -0.343 e. The molecule has 1 N–H and O–H groups in total. The number of hydrogen-bond donors (Lipinski definition) is 1. The van der Waals surface area contributed by atoms with E-state index < -0.39 is 0 Å². The van der Waals surface area contributed by atoms with Crippen LogP contribution in [0.15, 0.2) is 71.4 Å². The maximum atomic E-state index is 12.6. The zero-order valence-corrected chi connectivity index (χ0v) is 17.7. The lowest BCUT2D eigenvalue weighted by atomic mass is 9.90. The molecule has 1 aromatic heterocycles. The fraction of sp³-hybridized carbons (Fsp3) is 0.280. The Hall–Kier alpha value is -2.92. The van der Waals surface area contributed by atoms with Gasteiger partial charge in [0.1, 0.15) is 0 Å². The number of thiophene rings is 1. The molecule has 4 nitrogen and oxygen atoms in total. The van der Waals surface area contributed by atoms with Crippen molar-refractivity contribution in [2.24, 2.45) is 5.92 Å². The summed E-state index contributed by atoms with van der Waals surface area (Å²) in [7, 11) is 0. The lowest BCUT2D eigenvalue weighted by Gasteiger charge is -2.32. The summed E-state index contributed by atoms with van der Waals surface area (Å²) in [6, 6.07) is 20.1. The second-order valence-electron chi connectivity index (χ2n) is 7.79. The van der Waals surface area contributed by atoms with E-state index in [1.807, 2.05) is 40.6 Å². The van der Waals surface area contributed by atoms with Crippen LogP contribution >= 0.6 is 11.3 Å². The Morgan fingerprint density at radius 2 is 1.77 bits per heavy atom. The van der Waals surface area contributed by atoms with Crippen molar-refractivity contribution in [1.29, 1.82) is 0 Å². The molecule has 0 aliphatic carbocycles. The van der Waals surface area contributed by atoms with Crippen LogP contribution in [-0.2, 0) is 11.2 Å². The summed E-state index contributed by atoms with van der Waals surface area (Å²) in [6.45, 7) is 1.57. The van der Waals surface area contributed by atoms with E-state index in [9.17, 15) is 9.59 Å². The smallest absolute Gasteiger partial charge is 0.251 e. The van der Waals surface area contributed by atoms with Crippen LogP contribution in [-0.4, -0.2) is 36.3 Å². The van der Waals surface area contributed by atoms with Gasteiger partial charge < -0.3 is 10.2 Å². The minimum absolute atomic E-state index is 0.00417. The number of nitrogens with one attached hydrogen (secondary N) is 1. The number of amides is 2. The molecule has 2 heterocycles. The topological polar surface area (TPSA) is 49.4 Å². The van der Waals surface area contributed by atoms with Gasteiger partial charge in [0, 0.05) is 18.7 Å². The Balaban J connectivity index is 1.25. The summed E-state index contributed by atoms with van der Waals surface area (Å²) in [4.78, 5) is 27.0. The van der Waals surface area contributed by atoms with Gasteiger partial charge in [0.05, 0.1) is 6.54 Å². The molecular formula is C25H26N2O2S. The monoisotopic (exact) mass is 418 g/mol. The normalized spacial score (nSPS) is 14.5. The summed E-state index contributed by atoms with van der Waals surface area (Å²) in [5, 5.41) is 6.87. The third kappa shape index (κ3) is 5.16. The van der Waals surface area contributed by atoms with Gasteiger partial charge in [0.25, 0.3) is 5.91 Å². The second-order valence-corrected chi connectivity index (χ2v) is 8.57. The number of likely N-dealkylation sites (tertiary alicyclic amines) is 1. The van der Waals surface area contributed by atoms with Crippen molar-refractivity contribution < 1.29 is 9.59 Å². The standard InChI is InChI=1S/C25H26N2O2S/c28-24(27-12-9-20(10-13-27)15-19-5-2-1-3-6-19)17-26-25(29)22-8-4-7-21(16-22)23-11-14-30-18-23/h1-8,11,14,16,18,20H,9-10,12-13,15,17H2,(H,26,29). The first-order valence-corrected chi connectivity index (χ1v) is 11.4. The van der Waals surface area contributed by atoms with Gasteiger partial charge in [-0.1, -0.05) is 42.5 Å². The number of nitrogens with zero attached hydrogens (tertiary/aromatic N) is 1. The summed E-state index contributed by atoms with van der Waals surface area (Å²) in [5.41, 5.74) is 4.05. The number of piperidine rings is 1. The van der Waals surface area contributed by atoms with Gasteiger partial charge in [0.15, 0.2) is 0 Å². The molecule has 30 heavy (non-hydrogen) atoms. The van der Waals surface area contributed by atoms with Crippen LogP contribution < -0.4 is 5.32 Å². The Labute approximate surface area is 181 Å². The van der Waals surface area contributed by atoms with Gasteiger partial charge >= 0.3 is 0 Å². The summed E-state index contributed by atoms with van der Waals surface area (Å²) < 4.78 is 0. The van der Waals surface area contributed by atoms with Crippen molar-refractivity contribution in [3.8, 4) is 11.1 Å². The molecule has 0 saturated carbocycles. The predicted octanol–water partition coefficient (Wildman–Crippen LogP) is 4.63. The molecule has 3 aromatic rings. The van der Waals surface area contributed by atoms with Crippen LogP contribution in [0.25, 0.3) is 11.1 Å². The maximum absolute atomic E-state index is 12.6. The first kappa shape index (κ1) is 20.4. The van der Waals surface area contributed by atoms with E-state index in [0.717, 1.165) is 43.5 Å². The molecule has 1 aliphatic heterocycles. The molecule has 0 atom stereocenters. The first-order valence-electron chi connectivity index (χ1n) is 10.4. The van der Waals surface area contributed by atoms with Crippen LogP contribution in [0, 0.1) is 5.92 Å². The Morgan fingerprint density at radius 1 is 0.967 bits per heavy atom. The predicted molar refractivity (Wildman–Crippen MR) is 122 cm³/mol. The molecule has 1 fully saturated rings. The molecule has 4 rings (SSSR count). The summed E-state index contributed by atoms with van der Waals surface area (Å²) in [6.07, 6.45) is 3.09. The Kier molecular flexibility index (Phi) is 6.60. The van der Waals surface area contributed by atoms with Crippen molar-refractivity contribution >= 4 is 23.2 Å². The van der Waals surface area contributed by atoms with Crippen molar-refractivity contribution in [3.63, 3.8) is 0 Å². The van der Waals surface area contributed by atoms with Gasteiger partial charge in [-0.25, -0.2) is 0 Å². The molecule has 5 heteroatoms. The number of hydrogen-bond acceptors (Lipinski definition) is 3. The molecule has 1 saturated heterocycles. The Morgan fingerprint density at radius 3 is 2.50 bits per heavy atom. The molecule has 2 amide bonds. The number of carbonyl (C=O) groups is 2. The van der Waals surface area contributed by atoms with Gasteiger partial charge in [-0.3, -0.25) is 9.59 Å². The third-order valence-electron chi connectivity index (χ3n) is 5.71. The molecule has 2 aromatic carbocycles. The van der Waals surface area contributed by atoms with E-state index in [2.05, 4.69) is 35.0 Å². The van der Waals surface area contributed by atoms with Gasteiger partial charge in [-0.05, 0) is 70.8 Å². The van der Waals surface area contributed by atoms with Crippen LogP contribution in [0.4, 0.5) is 0 Å². The van der Waals surface area contributed by atoms with Crippen molar-refractivity contribution in [2.75, 3.05) is 19.6 Å². The molecule has 0 radical (unpaired) electrons.